The van der Waals surface area contributed by atoms with E-state index in [9.17, 15) is 4.79 Å². The lowest BCUT2D eigenvalue weighted by Gasteiger charge is -1.95. The van der Waals surface area contributed by atoms with Crippen molar-refractivity contribution in [3.8, 4) is 0 Å². The summed E-state index contributed by atoms with van der Waals surface area (Å²) in [4.78, 5) is 18.5. The molecule has 2 heterocycles. The van der Waals surface area contributed by atoms with E-state index in [0.717, 1.165) is 17.1 Å². The fourth-order valence-electron chi connectivity index (χ4n) is 1.37. The topological polar surface area (TPSA) is 68.0 Å². The van der Waals surface area contributed by atoms with Crippen LogP contribution in [0.2, 0.25) is 0 Å². The van der Waals surface area contributed by atoms with Crippen LogP contribution in [0.15, 0.2) is 24.5 Å². The maximum Gasteiger partial charge on any atom is 0.328 e. The molecule has 2 rings (SSSR count). The van der Waals surface area contributed by atoms with Crippen molar-refractivity contribution in [2.75, 3.05) is 0 Å². The molecule has 0 radical (unpaired) electrons. The first-order chi connectivity index (χ1) is 7.18. The minimum atomic E-state index is -0.986. The lowest BCUT2D eigenvalue weighted by molar-refractivity contribution is -0.131. The van der Waals surface area contributed by atoms with E-state index in [1.54, 1.807) is 12.4 Å². The third-order valence-electron chi connectivity index (χ3n) is 2.09. The fourth-order valence-corrected chi connectivity index (χ4v) is 1.37. The van der Waals surface area contributed by atoms with Gasteiger partial charge in [0.05, 0.1) is 11.7 Å². The average Bonchev–Trinajstić information content (AvgIpc) is 2.54. The lowest BCUT2D eigenvalue weighted by atomic mass is 10.4. The minimum Gasteiger partial charge on any atom is -0.478 e. The molecule has 0 saturated heterocycles. The first-order valence-electron chi connectivity index (χ1n) is 4.36. The van der Waals surface area contributed by atoms with Gasteiger partial charge < -0.3 is 9.67 Å². The van der Waals surface area contributed by atoms with Crippen LogP contribution in [0.5, 0.6) is 0 Å². The van der Waals surface area contributed by atoms with Crippen molar-refractivity contribution < 1.29 is 9.90 Å². The Labute approximate surface area is 85.7 Å². The summed E-state index contributed by atoms with van der Waals surface area (Å²) in [6.45, 7) is 0. The van der Waals surface area contributed by atoms with Gasteiger partial charge in [-0.3, -0.25) is 4.98 Å². The number of hydrogen-bond donors (Lipinski definition) is 1. The third-order valence-corrected chi connectivity index (χ3v) is 2.09. The van der Waals surface area contributed by atoms with Gasteiger partial charge in [0.15, 0.2) is 0 Å². The van der Waals surface area contributed by atoms with Gasteiger partial charge in [0.25, 0.3) is 0 Å². The van der Waals surface area contributed by atoms with Crippen molar-refractivity contribution in [2.45, 2.75) is 0 Å². The Morgan fingerprint density at radius 2 is 2.40 bits per heavy atom. The van der Waals surface area contributed by atoms with Gasteiger partial charge in [0.2, 0.25) is 0 Å². The second-order valence-electron chi connectivity index (χ2n) is 3.06. The number of imidazole rings is 1. The van der Waals surface area contributed by atoms with Crippen LogP contribution in [-0.4, -0.2) is 25.6 Å². The number of fused-ring (bicyclic) bond motifs is 1. The molecule has 0 bridgehead atoms. The van der Waals surface area contributed by atoms with Crippen molar-refractivity contribution in [3.05, 3.63) is 30.4 Å². The Balaban J connectivity index is 2.53. The van der Waals surface area contributed by atoms with E-state index in [1.807, 2.05) is 17.7 Å². The second kappa shape index (κ2) is 3.53. The monoisotopic (exact) mass is 203 g/mol. The SMILES string of the molecule is Cn1c(/C=C/C(=O)O)nc2cnccc21. The number of aryl methyl sites for hydroxylation is 1. The predicted molar refractivity (Wildman–Crippen MR) is 55.2 cm³/mol. The summed E-state index contributed by atoms with van der Waals surface area (Å²) in [6, 6.07) is 1.83. The van der Waals surface area contributed by atoms with Crippen LogP contribution in [-0.2, 0) is 11.8 Å². The van der Waals surface area contributed by atoms with Crippen LogP contribution in [0.4, 0.5) is 0 Å². The molecule has 76 valence electrons. The van der Waals surface area contributed by atoms with Gasteiger partial charge in [-0.15, -0.1) is 0 Å². The zero-order chi connectivity index (χ0) is 10.8. The number of nitrogens with zero attached hydrogens (tertiary/aromatic N) is 3. The summed E-state index contributed by atoms with van der Waals surface area (Å²) in [6.07, 6.45) is 5.85. The van der Waals surface area contributed by atoms with Gasteiger partial charge in [-0.1, -0.05) is 0 Å². The molecule has 0 unspecified atom stereocenters. The van der Waals surface area contributed by atoms with Crippen molar-refractivity contribution in [2.24, 2.45) is 7.05 Å². The Hall–Kier alpha value is -2.17. The zero-order valence-electron chi connectivity index (χ0n) is 8.08. The molecule has 1 N–H and O–H groups in total. The predicted octanol–water partition coefficient (Wildman–Crippen LogP) is 1.07. The molecule has 5 heteroatoms. The summed E-state index contributed by atoms with van der Waals surface area (Å²) < 4.78 is 1.82. The van der Waals surface area contributed by atoms with E-state index in [-0.39, 0.29) is 0 Å². The first-order valence-corrected chi connectivity index (χ1v) is 4.36. The number of aromatic nitrogens is 3. The molecule has 0 atom stereocenters. The summed E-state index contributed by atoms with van der Waals surface area (Å²) in [5, 5.41) is 8.50. The summed E-state index contributed by atoms with van der Waals surface area (Å²) >= 11 is 0. The quantitative estimate of drug-likeness (QED) is 0.741. The van der Waals surface area contributed by atoms with Gasteiger partial charge in [-0.2, -0.15) is 0 Å². The summed E-state index contributed by atoms with van der Waals surface area (Å²) in [7, 11) is 1.83. The van der Waals surface area contributed by atoms with Gasteiger partial charge in [-0.05, 0) is 12.1 Å². The van der Waals surface area contributed by atoms with Crippen molar-refractivity contribution in [1.82, 2.24) is 14.5 Å². The second-order valence-corrected chi connectivity index (χ2v) is 3.06. The molecule has 0 aliphatic carbocycles. The molecular weight excluding hydrogens is 194 g/mol. The van der Waals surface area contributed by atoms with Crippen LogP contribution in [0.25, 0.3) is 17.1 Å². The Morgan fingerprint density at radius 1 is 1.60 bits per heavy atom. The van der Waals surface area contributed by atoms with Crippen molar-refractivity contribution in [3.63, 3.8) is 0 Å². The smallest absolute Gasteiger partial charge is 0.328 e. The Kier molecular flexibility index (Phi) is 2.21. The number of hydrogen-bond acceptors (Lipinski definition) is 3. The molecule has 0 aliphatic heterocycles. The van der Waals surface area contributed by atoms with Crippen LogP contribution < -0.4 is 0 Å². The van der Waals surface area contributed by atoms with Crippen LogP contribution in [0.1, 0.15) is 5.82 Å². The summed E-state index contributed by atoms with van der Waals surface area (Å²) in [5.74, 6) is -0.388. The first kappa shape index (κ1) is 9.39. The molecule has 0 aromatic carbocycles. The fraction of sp³-hybridized carbons (Fsp3) is 0.100. The van der Waals surface area contributed by atoms with Crippen LogP contribution in [0.3, 0.4) is 0 Å². The molecule has 0 fully saturated rings. The summed E-state index contributed by atoms with van der Waals surface area (Å²) in [5.41, 5.74) is 1.68. The van der Waals surface area contributed by atoms with E-state index < -0.39 is 5.97 Å². The number of pyridine rings is 1. The number of carbonyl (C=O) groups is 1. The highest BCUT2D eigenvalue weighted by Crippen LogP contribution is 2.13. The zero-order valence-corrected chi connectivity index (χ0v) is 8.08. The van der Waals surface area contributed by atoms with Crippen LogP contribution in [0, 0.1) is 0 Å². The minimum absolute atomic E-state index is 0.598. The maximum absolute atomic E-state index is 10.4. The number of carboxylic acid groups (broad SMARTS) is 1. The third kappa shape index (κ3) is 1.71. The largest absolute Gasteiger partial charge is 0.478 e. The molecule has 5 nitrogen and oxygen atoms in total. The Bertz CT molecular complexity index is 543. The molecule has 2 aromatic heterocycles. The van der Waals surface area contributed by atoms with E-state index in [1.165, 1.54) is 6.08 Å². The van der Waals surface area contributed by atoms with Gasteiger partial charge >= 0.3 is 5.97 Å². The number of carboxylic acids is 1. The van der Waals surface area contributed by atoms with Crippen molar-refractivity contribution in [1.29, 1.82) is 0 Å². The molecule has 0 amide bonds. The average molecular weight is 203 g/mol. The van der Waals surface area contributed by atoms with E-state index in [2.05, 4.69) is 9.97 Å². The standard InChI is InChI=1S/C10H9N3O2/c1-13-8-4-5-11-6-7(8)12-9(13)2-3-10(14)15/h2-6H,1H3,(H,14,15)/b3-2+. The van der Waals surface area contributed by atoms with Gasteiger partial charge in [0.1, 0.15) is 11.3 Å². The van der Waals surface area contributed by atoms with Gasteiger partial charge in [0, 0.05) is 19.3 Å². The lowest BCUT2D eigenvalue weighted by Crippen LogP contribution is -1.93. The van der Waals surface area contributed by atoms with Crippen LogP contribution >= 0.6 is 0 Å². The van der Waals surface area contributed by atoms with E-state index in [4.69, 9.17) is 5.11 Å². The molecule has 0 spiro atoms. The highest BCUT2D eigenvalue weighted by atomic mass is 16.4. The van der Waals surface area contributed by atoms with Gasteiger partial charge in [-0.25, -0.2) is 9.78 Å². The molecule has 2 aromatic rings. The van der Waals surface area contributed by atoms with E-state index >= 15 is 0 Å². The van der Waals surface area contributed by atoms with Crippen molar-refractivity contribution >= 4 is 23.1 Å². The molecule has 15 heavy (non-hydrogen) atoms. The highest BCUT2D eigenvalue weighted by molar-refractivity contribution is 5.86. The maximum atomic E-state index is 10.4. The molecule has 0 aliphatic rings. The van der Waals surface area contributed by atoms with E-state index in [0.29, 0.717) is 5.82 Å². The highest BCUT2D eigenvalue weighted by Gasteiger charge is 2.04. The normalized spacial score (nSPS) is 11.3. The molecular formula is C10H9N3O2. The number of rotatable bonds is 2. The Morgan fingerprint density at radius 3 is 3.07 bits per heavy atom. The number of aliphatic carboxylic acids is 1. The molecule has 0 saturated carbocycles.